The number of imidazole rings is 1. The predicted octanol–water partition coefficient (Wildman–Crippen LogP) is 3.53. The average molecular weight is 338 g/mol. The van der Waals surface area contributed by atoms with Crippen LogP contribution in [0.3, 0.4) is 0 Å². The van der Waals surface area contributed by atoms with Gasteiger partial charge in [-0.2, -0.15) is 0 Å². The van der Waals surface area contributed by atoms with Crippen molar-refractivity contribution in [1.29, 1.82) is 0 Å². The van der Waals surface area contributed by atoms with Gasteiger partial charge in [-0.05, 0) is 42.5 Å². The van der Waals surface area contributed by atoms with Crippen molar-refractivity contribution >= 4 is 22.8 Å². The molecular weight excluding hydrogens is 320 g/mol. The minimum atomic E-state index is -0.981. The van der Waals surface area contributed by atoms with E-state index in [2.05, 4.69) is 9.97 Å². The summed E-state index contributed by atoms with van der Waals surface area (Å²) in [6.07, 6.45) is -0.184. The number of carboxylic acid groups (broad SMARTS) is 1. The summed E-state index contributed by atoms with van der Waals surface area (Å²) >= 11 is 0. The molecule has 1 aromatic heterocycles. The minimum absolute atomic E-state index is 0.184. The number of carboxylic acids is 1. The molecule has 128 valence electrons. The zero-order chi connectivity index (χ0) is 18.0. The van der Waals surface area contributed by atoms with Crippen molar-refractivity contribution in [3.8, 4) is 17.1 Å². The number of aliphatic carboxylic acids is 1. The summed E-state index contributed by atoms with van der Waals surface area (Å²) < 4.78 is 5.15. The van der Waals surface area contributed by atoms with Crippen molar-refractivity contribution in [3.63, 3.8) is 0 Å². The summed E-state index contributed by atoms with van der Waals surface area (Å²) in [4.78, 5) is 30.9. The number of aromatic nitrogens is 2. The maximum Gasteiger partial charge on any atom is 0.304 e. The van der Waals surface area contributed by atoms with E-state index in [0.29, 0.717) is 11.4 Å². The van der Waals surface area contributed by atoms with Crippen LogP contribution < -0.4 is 4.74 Å². The third-order valence-corrected chi connectivity index (χ3v) is 4.06. The van der Waals surface area contributed by atoms with Gasteiger partial charge in [0.15, 0.2) is 5.78 Å². The number of Topliss-reactive ketones (excluding diaryl/α,β-unsaturated/α-hetero) is 1. The predicted molar refractivity (Wildman–Crippen MR) is 93.8 cm³/mol. The summed E-state index contributed by atoms with van der Waals surface area (Å²) in [5.41, 5.74) is 2.86. The Morgan fingerprint density at radius 1 is 1.20 bits per heavy atom. The number of aromatic amines is 1. The zero-order valence-corrected chi connectivity index (χ0v) is 13.9. The smallest absolute Gasteiger partial charge is 0.304 e. The molecule has 1 atom stereocenters. The molecule has 0 spiro atoms. The van der Waals surface area contributed by atoms with Gasteiger partial charge in [-0.25, -0.2) is 4.98 Å². The molecule has 0 amide bonds. The van der Waals surface area contributed by atoms with E-state index in [1.165, 1.54) is 0 Å². The molecule has 6 heteroatoms. The molecule has 25 heavy (non-hydrogen) atoms. The molecule has 2 aromatic carbocycles. The highest BCUT2D eigenvalue weighted by Gasteiger charge is 2.19. The van der Waals surface area contributed by atoms with Gasteiger partial charge in [0.1, 0.15) is 11.6 Å². The van der Waals surface area contributed by atoms with Crippen LogP contribution in [0.15, 0.2) is 42.5 Å². The highest BCUT2D eigenvalue weighted by Crippen LogP contribution is 2.24. The zero-order valence-electron chi connectivity index (χ0n) is 13.9. The van der Waals surface area contributed by atoms with Crippen LogP contribution in [-0.2, 0) is 4.79 Å². The molecule has 1 heterocycles. The van der Waals surface area contributed by atoms with Crippen LogP contribution in [0.5, 0.6) is 5.75 Å². The number of rotatable bonds is 6. The van der Waals surface area contributed by atoms with Crippen molar-refractivity contribution in [2.75, 3.05) is 7.11 Å². The quantitative estimate of drug-likeness (QED) is 0.671. The number of H-pyrrole nitrogens is 1. The van der Waals surface area contributed by atoms with Gasteiger partial charge >= 0.3 is 5.97 Å². The van der Waals surface area contributed by atoms with Crippen molar-refractivity contribution in [2.24, 2.45) is 5.92 Å². The van der Waals surface area contributed by atoms with Crippen LogP contribution >= 0.6 is 0 Å². The summed E-state index contributed by atoms with van der Waals surface area (Å²) in [5.74, 6) is -0.282. The Kier molecular flexibility index (Phi) is 4.52. The second-order valence-electron chi connectivity index (χ2n) is 5.91. The monoisotopic (exact) mass is 338 g/mol. The number of hydrogen-bond donors (Lipinski definition) is 2. The third kappa shape index (κ3) is 3.52. The maximum absolute atomic E-state index is 12.4. The lowest BCUT2D eigenvalue weighted by molar-refractivity contribution is -0.137. The molecule has 0 radical (unpaired) electrons. The topological polar surface area (TPSA) is 92.3 Å². The fourth-order valence-electron chi connectivity index (χ4n) is 2.69. The van der Waals surface area contributed by atoms with E-state index in [1.807, 2.05) is 24.3 Å². The van der Waals surface area contributed by atoms with Gasteiger partial charge in [0, 0.05) is 17.0 Å². The molecule has 6 nitrogen and oxygen atoms in total. The van der Waals surface area contributed by atoms with E-state index in [0.717, 1.165) is 22.3 Å². The molecule has 0 saturated heterocycles. The van der Waals surface area contributed by atoms with Gasteiger partial charge in [-0.3, -0.25) is 9.59 Å². The first-order valence-electron chi connectivity index (χ1n) is 7.88. The van der Waals surface area contributed by atoms with E-state index in [-0.39, 0.29) is 12.2 Å². The van der Waals surface area contributed by atoms with Crippen molar-refractivity contribution in [2.45, 2.75) is 13.3 Å². The number of benzene rings is 2. The standard InChI is InChI=1S/C19H18N2O4/c1-11(9-17(22)23)18(24)13-5-8-15-16(10-13)21-19(20-15)12-3-6-14(25-2)7-4-12/h3-8,10-11H,9H2,1-2H3,(H,20,21)(H,22,23)/t11-/m1/s1. The lowest BCUT2D eigenvalue weighted by atomic mass is 9.96. The molecule has 0 aliphatic rings. The number of ether oxygens (including phenoxy) is 1. The fourth-order valence-corrected chi connectivity index (χ4v) is 2.69. The minimum Gasteiger partial charge on any atom is -0.497 e. The van der Waals surface area contributed by atoms with Crippen molar-refractivity contribution in [1.82, 2.24) is 9.97 Å². The van der Waals surface area contributed by atoms with Gasteiger partial charge in [0.2, 0.25) is 0 Å². The number of fused-ring (bicyclic) bond motifs is 1. The van der Waals surface area contributed by atoms with Crippen molar-refractivity contribution in [3.05, 3.63) is 48.0 Å². The first kappa shape index (κ1) is 16.7. The average Bonchev–Trinajstić information content (AvgIpc) is 3.03. The van der Waals surface area contributed by atoms with Crippen LogP contribution in [0.1, 0.15) is 23.7 Å². The number of hydrogen-bond acceptors (Lipinski definition) is 4. The molecule has 0 aliphatic carbocycles. The lowest BCUT2D eigenvalue weighted by Crippen LogP contribution is -2.15. The van der Waals surface area contributed by atoms with Gasteiger partial charge in [-0.15, -0.1) is 0 Å². The van der Waals surface area contributed by atoms with Gasteiger partial charge < -0.3 is 14.8 Å². The maximum atomic E-state index is 12.4. The van der Waals surface area contributed by atoms with Crippen LogP contribution in [0.2, 0.25) is 0 Å². The van der Waals surface area contributed by atoms with Crippen LogP contribution in [0, 0.1) is 5.92 Å². The SMILES string of the molecule is COc1ccc(-c2nc3ccc(C(=O)[C@H](C)CC(=O)O)cc3[nH]2)cc1. The molecule has 0 bridgehead atoms. The third-order valence-electron chi connectivity index (χ3n) is 4.06. The van der Waals surface area contributed by atoms with Crippen molar-refractivity contribution < 1.29 is 19.4 Å². The summed E-state index contributed by atoms with van der Waals surface area (Å²) in [6.45, 7) is 1.62. The Labute approximate surface area is 144 Å². The van der Waals surface area contributed by atoms with Gasteiger partial charge in [0.05, 0.1) is 24.6 Å². The Morgan fingerprint density at radius 2 is 1.92 bits per heavy atom. The Balaban J connectivity index is 1.90. The number of methoxy groups -OCH3 is 1. The van der Waals surface area contributed by atoms with E-state index in [1.54, 1.807) is 32.2 Å². The van der Waals surface area contributed by atoms with Crippen LogP contribution in [0.4, 0.5) is 0 Å². The molecule has 0 unspecified atom stereocenters. The van der Waals surface area contributed by atoms with Gasteiger partial charge in [-0.1, -0.05) is 6.92 Å². The number of nitrogens with one attached hydrogen (secondary N) is 1. The summed E-state index contributed by atoms with van der Waals surface area (Å²) in [6, 6.07) is 12.7. The van der Waals surface area contributed by atoms with Crippen LogP contribution in [0.25, 0.3) is 22.4 Å². The molecule has 3 rings (SSSR count). The Bertz CT molecular complexity index is 928. The van der Waals surface area contributed by atoms with E-state index >= 15 is 0 Å². The molecule has 0 fully saturated rings. The Morgan fingerprint density at radius 3 is 2.56 bits per heavy atom. The first-order valence-corrected chi connectivity index (χ1v) is 7.88. The lowest BCUT2D eigenvalue weighted by Gasteiger charge is -2.07. The number of ketones is 1. The van der Waals surface area contributed by atoms with E-state index < -0.39 is 11.9 Å². The number of carbonyl (C=O) groups is 2. The number of nitrogens with zero attached hydrogens (tertiary/aromatic N) is 1. The molecule has 3 aromatic rings. The largest absolute Gasteiger partial charge is 0.497 e. The molecule has 2 N–H and O–H groups in total. The van der Waals surface area contributed by atoms with Crippen LogP contribution in [-0.4, -0.2) is 33.9 Å². The van der Waals surface area contributed by atoms with E-state index in [9.17, 15) is 9.59 Å². The molecule has 0 saturated carbocycles. The second kappa shape index (κ2) is 6.76. The highest BCUT2D eigenvalue weighted by atomic mass is 16.5. The normalized spacial score (nSPS) is 12.1. The Hall–Kier alpha value is -3.15. The number of carbonyl (C=O) groups excluding carboxylic acids is 1. The molecule has 0 aliphatic heterocycles. The highest BCUT2D eigenvalue weighted by molar-refractivity contribution is 6.01. The van der Waals surface area contributed by atoms with Gasteiger partial charge in [0.25, 0.3) is 0 Å². The first-order chi connectivity index (χ1) is 12.0. The fraction of sp³-hybridized carbons (Fsp3) is 0.211. The molecular formula is C19H18N2O4. The summed E-state index contributed by atoms with van der Waals surface area (Å²) in [5, 5.41) is 8.84. The second-order valence-corrected chi connectivity index (χ2v) is 5.91. The van der Waals surface area contributed by atoms with E-state index in [4.69, 9.17) is 9.84 Å². The summed E-state index contributed by atoms with van der Waals surface area (Å²) in [7, 11) is 1.61.